The van der Waals surface area contributed by atoms with E-state index >= 15 is 0 Å². The number of benzene rings is 2. The van der Waals surface area contributed by atoms with Crippen LogP contribution in [-0.4, -0.2) is 18.5 Å². The molecule has 0 bridgehead atoms. The van der Waals surface area contributed by atoms with Crippen LogP contribution in [0.2, 0.25) is 0 Å². The average Bonchev–Trinajstić information content (AvgIpc) is 2.49. The number of hydrogen-bond acceptors (Lipinski definition) is 4. The summed E-state index contributed by atoms with van der Waals surface area (Å²) in [6, 6.07) is 11.7. The Kier molecular flexibility index (Phi) is 5.16. The number of carbonyl (C=O) groups excluding carboxylic acids is 2. The average molecular weight is 363 g/mol. The van der Waals surface area contributed by atoms with E-state index in [-0.39, 0.29) is 6.61 Å². The maximum absolute atomic E-state index is 11.8. The van der Waals surface area contributed by atoms with E-state index in [0.717, 1.165) is 10.0 Å². The van der Waals surface area contributed by atoms with Gasteiger partial charge >= 0.3 is 5.97 Å². The van der Waals surface area contributed by atoms with E-state index in [4.69, 9.17) is 10.5 Å². The molecule has 0 spiro atoms. The number of ether oxygens (including phenoxy) is 1. The summed E-state index contributed by atoms with van der Waals surface area (Å²) in [6.07, 6.45) is 0. The number of rotatable bonds is 4. The van der Waals surface area contributed by atoms with Crippen molar-refractivity contribution in [2.75, 3.05) is 17.7 Å². The number of nitrogens with two attached hydrogens (primary N) is 1. The molecule has 0 saturated heterocycles. The van der Waals surface area contributed by atoms with Crippen molar-refractivity contribution in [1.29, 1.82) is 0 Å². The third kappa shape index (κ3) is 4.33. The Morgan fingerprint density at radius 2 is 1.86 bits per heavy atom. The van der Waals surface area contributed by atoms with Crippen LogP contribution in [0.1, 0.15) is 15.9 Å². The van der Waals surface area contributed by atoms with E-state index in [1.807, 2.05) is 13.0 Å². The summed E-state index contributed by atoms with van der Waals surface area (Å²) in [5, 5.41) is 2.66. The maximum Gasteiger partial charge on any atom is 0.338 e. The highest BCUT2D eigenvalue weighted by atomic mass is 79.9. The second-order valence-electron chi connectivity index (χ2n) is 4.71. The molecule has 6 heteroatoms. The summed E-state index contributed by atoms with van der Waals surface area (Å²) in [5.74, 6) is -0.972. The molecule has 0 aromatic heterocycles. The van der Waals surface area contributed by atoms with Crippen molar-refractivity contribution >= 4 is 39.2 Å². The van der Waals surface area contributed by atoms with Crippen molar-refractivity contribution in [3.63, 3.8) is 0 Å². The van der Waals surface area contributed by atoms with Crippen LogP contribution in [0, 0.1) is 6.92 Å². The molecule has 0 radical (unpaired) electrons. The summed E-state index contributed by atoms with van der Waals surface area (Å²) in [5.41, 5.74) is 8.13. The molecule has 114 valence electrons. The molecule has 0 aliphatic heterocycles. The lowest BCUT2D eigenvalue weighted by atomic mass is 10.2. The van der Waals surface area contributed by atoms with Gasteiger partial charge in [0.1, 0.15) is 0 Å². The number of nitrogen functional groups attached to an aromatic ring is 1. The minimum absolute atomic E-state index is 0.347. The van der Waals surface area contributed by atoms with E-state index in [0.29, 0.717) is 16.9 Å². The van der Waals surface area contributed by atoms with Crippen molar-refractivity contribution in [1.82, 2.24) is 0 Å². The molecule has 2 rings (SSSR count). The lowest BCUT2D eigenvalue weighted by Gasteiger charge is -2.08. The van der Waals surface area contributed by atoms with Crippen LogP contribution in [0.15, 0.2) is 46.9 Å². The number of hydrogen-bond donors (Lipinski definition) is 2. The predicted octanol–water partition coefficient (Wildman–Crippen LogP) is 3.14. The standard InChI is InChI=1S/C16H15BrN2O3/c1-10-2-7-13(8-14(10)17)19-15(20)9-22-16(21)11-3-5-12(18)6-4-11/h2-8H,9,18H2,1H3,(H,19,20). The first-order valence-electron chi connectivity index (χ1n) is 6.54. The zero-order valence-electron chi connectivity index (χ0n) is 11.9. The van der Waals surface area contributed by atoms with Crippen LogP contribution in [0.3, 0.4) is 0 Å². The molecule has 3 N–H and O–H groups in total. The molecule has 2 aromatic carbocycles. The largest absolute Gasteiger partial charge is 0.452 e. The molecular formula is C16H15BrN2O3. The maximum atomic E-state index is 11.8. The third-order valence-corrected chi connectivity index (χ3v) is 3.79. The van der Waals surface area contributed by atoms with Crippen molar-refractivity contribution in [3.05, 3.63) is 58.1 Å². The third-order valence-electron chi connectivity index (χ3n) is 2.94. The van der Waals surface area contributed by atoms with Gasteiger partial charge in [-0.2, -0.15) is 0 Å². The van der Waals surface area contributed by atoms with Crippen LogP contribution in [0.25, 0.3) is 0 Å². The first-order chi connectivity index (χ1) is 10.5. The minimum Gasteiger partial charge on any atom is -0.452 e. The fourth-order valence-corrected chi connectivity index (χ4v) is 2.08. The van der Waals surface area contributed by atoms with Gasteiger partial charge in [0.05, 0.1) is 5.56 Å². The zero-order valence-corrected chi connectivity index (χ0v) is 13.5. The van der Waals surface area contributed by atoms with Crippen LogP contribution >= 0.6 is 15.9 Å². The molecule has 22 heavy (non-hydrogen) atoms. The Balaban J connectivity index is 1.88. The van der Waals surface area contributed by atoms with Crippen LogP contribution in [-0.2, 0) is 9.53 Å². The molecule has 0 fully saturated rings. The number of esters is 1. The Morgan fingerprint density at radius 3 is 2.50 bits per heavy atom. The second kappa shape index (κ2) is 7.09. The summed E-state index contributed by atoms with van der Waals surface area (Å²) in [4.78, 5) is 23.5. The number of aryl methyl sites for hydroxylation is 1. The Bertz CT molecular complexity index is 699. The second-order valence-corrected chi connectivity index (χ2v) is 5.56. The van der Waals surface area contributed by atoms with Crippen LogP contribution in [0.5, 0.6) is 0 Å². The Morgan fingerprint density at radius 1 is 1.18 bits per heavy atom. The van der Waals surface area contributed by atoms with Crippen molar-refractivity contribution in [2.24, 2.45) is 0 Å². The van der Waals surface area contributed by atoms with Gasteiger partial charge in [-0.3, -0.25) is 4.79 Å². The van der Waals surface area contributed by atoms with Gasteiger partial charge in [-0.25, -0.2) is 4.79 Å². The quantitative estimate of drug-likeness (QED) is 0.646. The van der Waals surface area contributed by atoms with Gasteiger partial charge < -0.3 is 15.8 Å². The molecule has 1 amide bonds. The van der Waals surface area contributed by atoms with Gasteiger partial charge in [-0.1, -0.05) is 22.0 Å². The summed E-state index contributed by atoms with van der Waals surface area (Å²) >= 11 is 3.39. The van der Waals surface area contributed by atoms with E-state index in [2.05, 4.69) is 21.2 Å². The number of nitrogens with one attached hydrogen (secondary N) is 1. The molecule has 0 aliphatic rings. The van der Waals surface area contributed by atoms with Gasteiger partial charge in [-0.05, 0) is 48.9 Å². The molecule has 0 unspecified atom stereocenters. The molecule has 0 aliphatic carbocycles. The molecule has 5 nitrogen and oxygen atoms in total. The smallest absolute Gasteiger partial charge is 0.338 e. The SMILES string of the molecule is Cc1ccc(NC(=O)COC(=O)c2ccc(N)cc2)cc1Br. The molecule has 0 atom stereocenters. The molecular weight excluding hydrogens is 348 g/mol. The molecule has 2 aromatic rings. The zero-order chi connectivity index (χ0) is 16.1. The highest BCUT2D eigenvalue weighted by Crippen LogP contribution is 2.20. The van der Waals surface area contributed by atoms with Crippen molar-refractivity contribution in [2.45, 2.75) is 6.92 Å². The van der Waals surface area contributed by atoms with Crippen molar-refractivity contribution in [3.8, 4) is 0 Å². The van der Waals surface area contributed by atoms with E-state index in [1.165, 1.54) is 0 Å². The lowest BCUT2D eigenvalue weighted by Crippen LogP contribution is -2.20. The minimum atomic E-state index is -0.569. The van der Waals surface area contributed by atoms with Gasteiger partial charge in [0.2, 0.25) is 0 Å². The highest BCUT2D eigenvalue weighted by molar-refractivity contribution is 9.10. The first kappa shape index (κ1) is 16.0. The molecule has 0 heterocycles. The fourth-order valence-electron chi connectivity index (χ4n) is 1.70. The van der Waals surface area contributed by atoms with Gasteiger partial charge in [0, 0.05) is 15.8 Å². The normalized spacial score (nSPS) is 10.1. The monoisotopic (exact) mass is 362 g/mol. The first-order valence-corrected chi connectivity index (χ1v) is 7.33. The fraction of sp³-hybridized carbons (Fsp3) is 0.125. The number of anilines is 2. The molecule has 0 saturated carbocycles. The van der Waals surface area contributed by atoms with Crippen molar-refractivity contribution < 1.29 is 14.3 Å². The summed E-state index contributed by atoms with van der Waals surface area (Å²) in [6.45, 7) is 1.60. The Labute approximate surface area is 136 Å². The van der Waals surface area contributed by atoms with Gasteiger partial charge in [0.15, 0.2) is 6.61 Å². The topological polar surface area (TPSA) is 81.4 Å². The van der Waals surface area contributed by atoms with Gasteiger partial charge in [-0.15, -0.1) is 0 Å². The predicted molar refractivity (Wildman–Crippen MR) is 88.6 cm³/mol. The van der Waals surface area contributed by atoms with Gasteiger partial charge in [0.25, 0.3) is 5.91 Å². The summed E-state index contributed by atoms with van der Waals surface area (Å²) < 4.78 is 5.85. The Hall–Kier alpha value is -2.34. The van der Waals surface area contributed by atoms with E-state index in [1.54, 1.807) is 36.4 Å². The van der Waals surface area contributed by atoms with Crippen LogP contribution in [0.4, 0.5) is 11.4 Å². The lowest BCUT2D eigenvalue weighted by molar-refractivity contribution is -0.119. The number of halogens is 1. The summed E-state index contributed by atoms with van der Waals surface area (Å²) in [7, 11) is 0. The highest BCUT2D eigenvalue weighted by Gasteiger charge is 2.10. The van der Waals surface area contributed by atoms with E-state index < -0.39 is 11.9 Å². The number of amides is 1. The number of carbonyl (C=O) groups is 2. The van der Waals surface area contributed by atoms with Crippen LogP contribution < -0.4 is 11.1 Å². The van der Waals surface area contributed by atoms with E-state index in [9.17, 15) is 9.59 Å².